The third-order valence-electron chi connectivity index (χ3n) is 3.69. The Morgan fingerprint density at radius 2 is 1.95 bits per heavy atom. The molecule has 1 N–H and O–H groups in total. The molecule has 0 aliphatic carbocycles. The molecule has 2 aliphatic rings. The van der Waals surface area contributed by atoms with Crippen molar-refractivity contribution in [2.75, 3.05) is 50.9 Å². The summed E-state index contributed by atoms with van der Waals surface area (Å²) < 4.78 is 54.3. The highest BCUT2D eigenvalue weighted by Crippen LogP contribution is 2.18. The van der Waals surface area contributed by atoms with Gasteiger partial charge in [0.25, 0.3) is 0 Å². The number of hydrogen-bond donors (Lipinski definition) is 1. The normalized spacial score (nSPS) is 27.7. The monoisotopic (exact) mass is 326 g/mol. The van der Waals surface area contributed by atoms with Gasteiger partial charge < -0.3 is 4.74 Å². The highest BCUT2D eigenvalue weighted by molar-refractivity contribution is 7.95. The topological polar surface area (TPSA) is 92.8 Å². The third kappa shape index (κ3) is 4.66. The molecule has 2 saturated heterocycles. The zero-order valence-corrected chi connectivity index (χ0v) is 13.1. The summed E-state index contributed by atoms with van der Waals surface area (Å²) in [6, 6.07) is 0. The fourth-order valence-corrected chi connectivity index (χ4v) is 6.59. The van der Waals surface area contributed by atoms with Gasteiger partial charge in [-0.3, -0.25) is 4.90 Å². The molecule has 2 heterocycles. The number of nitrogens with zero attached hydrogens (tertiary/aromatic N) is 1. The fraction of sp³-hybridized carbons (Fsp3) is 1.00. The van der Waals surface area contributed by atoms with E-state index in [4.69, 9.17) is 4.74 Å². The Labute approximate surface area is 120 Å². The first kappa shape index (κ1) is 16.2. The van der Waals surface area contributed by atoms with Crippen LogP contribution in [0.4, 0.5) is 0 Å². The minimum absolute atomic E-state index is 0.0215. The predicted molar refractivity (Wildman–Crippen MR) is 75.9 cm³/mol. The van der Waals surface area contributed by atoms with E-state index in [-0.39, 0.29) is 17.9 Å². The van der Waals surface area contributed by atoms with Crippen LogP contribution in [0.2, 0.25) is 0 Å². The van der Waals surface area contributed by atoms with E-state index in [2.05, 4.69) is 9.62 Å². The summed E-state index contributed by atoms with van der Waals surface area (Å²) in [5.41, 5.74) is 0. The molecule has 1 atom stereocenters. The quantitative estimate of drug-likeness (QED) is 0.617. The van der Waals surface area contributed by atoms with E-state index < -0.39 is 25.1 Å². The summed E-state index contributed by atoms with van der Waals surface area (Å²) >= 11 is 0. The van der Waals surface area contributed by atoms with E-state index >= 15 is 0 Å². The maximum absolute atomic E-state index is 12.0. The van der Waals surface area contributed by atoms with Crippen LogP contribution in [-0.4, -0.2) is 77.9 Å². The first-order chi connectivity index (χ1) is 9.39. The van der Waals surface area contributed by atoms with Crippen LogP contribution in [0.1, 0.15) is 12.8 Å². The second kappa shape index (κ2) is 6.69. The lowest BCUT2D eigenvalue weighted by Crippen LogP contribution is -2.39. The SMILES string of the molecule is O=S1(=O)CC[C@H](S(=O)(=O)NCCCN2CCOCC2)C1. The summed E-state index contributed by atoms with van der Waals surface area (Å²) in [5.74, 6) is -0.266. The number of hydrogen-bond acceptors (Lipinski definition) is 6. The lowest BCUT2D eigenvalue weighted by molar-refractivity contribution is 0.0376. The molecular formula is C11H22N2O5S2. The van der Waals surface area contributed by atoms with Crippen molar-refractivity contribution in [3.8, 4) is 0 Å². The van der Waals surface area contributed by atoms with Crippen molar-refractivity contribution in [3.63, 3.8) is 0 Å². The van der Waals surface area contributed by atoms with Gasteiger partial charge in [-0.2, -0.15) is 0 Å². The molecule has 118 valence electrons. The fourth-order valence-electron chi connectivity index (χ4n) is 2.47. The van der Waals surface area contributed by atoms with Crippen molar-refractivity contribution < 1.29 is 21.6 Å². The molecule has 2 aliphatic heterocycles. The van der Waals surface area contributed by atoms with Gasteiger partial charge in [0, 0.05) is 19.6 Å². The van der Waals surface area contributed by atoms with Gasteiger partial charge in [0.1, 0.15) is 0 Å². The molecule has 0 saturated carbocycles. The molecular weight excluding hydrogens is 304 g/mol. The molecule has 7 nitrogen and oxygen atoms in total. The molecule has 0 radical (unpaired) electrons. The van der Waals surface area contributed by atoms with Crippen molar-refractivity contribution in [2.45, 2.75) is 18.1 Å². The molecule has 20 heavy (non-hydrogen) atoms. The molecule has 0 amide bonds. The minimum atomic E-state index is -3.51. The average Bonchev–Trinajstić information content (AvgIpc) is 2.77. The van der Waals surface area contributed by atoms with Crippen molar-refractivity contribution in [3.05, 3.63) is 0 Å². The lowest BCUT2D eigenvalue weighted by Gasteiger charge is -2.26. The molecule has 2 fully saturated rings. The van der Waals surface area contributed by atoms with E-state index in [9.17, 15) is 16.8 Å². The number of sulfone groups is 1. The standard InChI is InChI=1S/C11H22N2O5S2/c14-19(15)9-2-11(10-19)20(16,17)12-3-1-4-13-5-7-18-8-6-13/h11-12H,1-10H2/t11-/m0/s1. The first-order valence-corrected chi connectivity index (χ1v) is 10.2. The van der Waals surface area contributed by atoms with Gasteiger partial charge in [0.15, 0.2) is 9.84 Å². The molecule has 9 heteroatoms. The smallest absolute Gasteiger partial charge is 0.215 e. The van der Waals surface area contributed by atoms with Crippen LogP contribution in [0.5, 0.6) is 0 Å². The van der Waals surface area contributed by atoms with Gasteiger partial charge in [-0.1, -0.05) is 0 Å². The van der Waals surface area contributed by atoms with Crippen LogP contribution in [0, 0.1) is 0 Å². The summed E-state index contributed by atoms with van der Waals surface area (Å²) in [5, 5.41) is -0.782. The predicted octanol–water partition coefficient (Wildman–Crippen LogP) is -1.18. The number of nitrogens with one attached hydrogen (secondary N) is 1. The second-order valence-corrected chi connectivity index (χ2v) is 9.55. The second-order valence-electron chi connectivity index (χ2n) is 5.27. The van der Waals surface area contributed by atoms with E-state index in [0.717, 1.165) is 39.3 Å². The largest absolute Gasteiger partial charge is 0.379 e. The van der Waals surface area contributed by atoms with Crippen molar-refractivity contribution in [2.24, 2.45) is 0 Å². The maximum Gasteiger partial charge on any atom is 0.215 e. The third-order valence-corrected chi connectivity index (χ3v) is 7.55. The van der Waals surface area contributed by atoms with Crippen LogP contribution in [-0.2, 0) is 24.6 Å². The van der Waals surface area contributed by atoms with E-state index in [0.29, 0.717) is 6.54 Å². The van der Waals surface area contributed by atoms with Gasteiger partial charge in [0.05, 0.1) is 30.0 Å². The highest BCUT2D eigenvalue weighted by Gasteiger charge is 2.36. The van der Waals surface area contributed by atoms with Crippen LogP contribution in [0.25, 0.3) is 0 Å². The zero-order valence-electron chi connectivity index (χ0n) is 11.5. The minimum Gasteiger partial charge on any atom is -0.379 e. The molecule has 0 aromatic heterocycles. The highest BCUT2D eigenvalue weighted by atomic mass is 32.2. The van der Waals surface area contributed by atoms with Crippen LogP contribution >= 0.6 is 0 Å². The zero-order chi connectivity index (χ0) is 14.6. The Bertz CT molecular complexity index is 511. The Kier molecular flexibility index (Phi) is 5.41. The van der Waals surface area contributed by atoms with Gasteiger partial charge in [-0.05, 0) is 19.4 Å². The van der Waals surface area contributed by atoms with Gasteiger partial charge >= 0.3 is 0 Å². The van der Waals surface area contributed by atoms with E-state index in [1.807, 2.05) is 0 Å². The number of morpholine rings is 1. The van der Waals surface area contributed by atoms with Gasteiger partial charge in [-0.25, -0.2) is 21.6 Å². The number of ether oxygens (including phenoxy) is 1. The summed E-state index contributed by atoms with van der Waals surface area (Å²) in [7, 11) is -6.67. The molecule has 0 aromatic rings. The lowest BCUT2D eigenvalue weighted by atomic mass is 10.3. The Balaban J connectivity index is 1.70. The number of rotatable bonds is 6. The van der Waals surface area contributed by atoms with Crippen molar-refractivity contribution in [1.29, 1.82) is 0 Å². The van der Waals surface area contributed by atoms with Crippen molar-refractivity contribution >= 4 is 19.9 Å². The summed E-state index contributed by atoms with van der Waals surface area (Å²) in [6.07, 6.45) is 0.930. The molecule has 0 spiro atoms. The first-order valence-electron chi connectivity index (χ1n) is 6.88. The van der Waals surface area contributed by atoms with Gasteiger partial charge in [0.2, 0.25) is 10.0 Å². The van der Waals surface area contributed by atoms with Crippen LogP contribution < -0.4 is 4.72 Å². The summed E-state index contributed by atoms with van der Waals surface area (Å²) in [6.45, 7) is 4.41. The Hall–Kier alpha value is -0.220. The van der Waals surface area contributed by atoms with Gasteiger partial charge in [-0.15, -0.1) is 0 Å². The molecule has 0 bridgehead atoms. The molecule has 2 rings (SSSR count). The molecule has 0 unspecified atom stereocenters. The van der Waals surface area contributed by atoms with Crippen LogP contribution in [0.3, 0.4) is 0 Å². The Morgan fingerprint density at radius 3 is 2.55 bits per heavy atom. The van der Waals surface area contributed by atoms with E-state index in [1.165, 1.54) is 0 Å². The number of sulfonamides is 1. The maximum atomic E-state index is 12.0. The molecule has 0 aromatic carbocycles. The van der Waals surface area contributed by atoms with Crippen LogP contribution in [0.15, 0.2) is 0 Å². The Morgan fingerprint density at radius 1 is 1.25 bits per heavy atom. The average molecular weight is 326 g/mol. The van der Waals surface area contributed by atoms with E-state index in [1.54, 1.807) is 0 Å². The van der Waals surface area contributed by atoms with Crippen molar-refractivity contribution in [1.82, 2.24) is 9.62 Å². The summed E-state index contributed by atoms with van der Waals surface area (Å²) in [4.78, 5) is 2.23.